The number of rotatable bonds is 6. The second-order valence-corrected chi connectivity index (χ2v) is 5.19. The molecule has 0 spiro atoms. The predicted octanol–water partition coefficient (Wildman–Crippen LogP) is 3.10. The second kappa shape index (κ2) is 6.90. The van der Waals surface area contributed by atoms with E-state index in [0.29, 0.717) is 29.3 Å². The number of amides is 1. The van der Waals surface area contributed by atoms with Crippen molar-refractivity contribution in [1.82, 2.24) is 4.90 Å². The molecule has 2 aromatic heterocycles. The fourth-order valence-electron chi connectivity index (χ4n) is 1.85. The smallest absolute Gasteiger partial charge is 0.328 e. The second-order valence-electron chi connectivity index (χ2n) is 4.28. The monoisotopic (exact) mass is 305 g/mol. The van der Waals surface area contributed by atoms with Gasteiger partial charge in [0, 0.05) is 12.6 Å². The first-order valence-electron chi connectivity index (χ1n) is 6.42. The molecule has 0 atom stereocenters. The Hall–Kier alpha value is -2.34. The van der Waals surface area contributed by atoms with Gasteiger partial charge in [-0.1, -0.05) is 0 Å². The summed E-state index contributed by atoms with van der Waals surface area (Å²) in [6.07, 6.45) is 4.04. The van der Waals surface area contributed by atoms with E-state index < -0.39 is 5.97 Å². The Morgan fingerprint density at radius 3 is 2.86 bits per heavy atom. The van der Waals surface area contributed by atoms with Crippen molar-refractivity contribution in [2.75, 3.05) is 6.54 Å². The Kier molecular flexibility index (Phi) is 4.94. The Labute approximate surface area is 126 Å². The molecule has 0 saturated heterocycles. The van der Waals surface area contributed by atoms with Gasteiger partial charge in [-0.05, 0) is 42.1 Å². The maximum atomic E-state index is 12.5. The van der Waals surface area contributed by atoms with Crippen molar-refractivity contribution in [3.05, 3.63) is 52.1 Å². The van der Waals surface area contributed by atoms with Crippen molar-refractivity contribution in [3.63, 3.8) is 0 Å². The number of carbonyl (C=O) groups excluding carboxylic acids is 1. The summed E-state index contributed by atoms with van der Waals surface area (Å²) in [6, 6.07) is 5.33. The molecule has 0 saturated carbocycles. The van der Waals surface area contributed by atoms with Crippen LogP contribution in [0.3, 0.4) is 0 Å². The SMILES string of the molecule is CCN(Cc1ccco1)C(=O)c1sccc1C=CC(=O)O. The quantitative estimate of drug-likeness (QED) is 0.832. The van der Waals surface area contributed by atoms with Gasteiger partial charge in [-0.25, -0.2) is 4.79 Å². The van der Waals surface area contributed by atoms with Gasteiger partial charge in [-0.3, -0.25) is 4.79 Å². The van der Waals surface area contributed by atoms with Gasteiger partial charge in [-0.2, -0.15) is 0 Å². The fraction of sp³-hybridized carbons (Fsp3) is 0.200. The van der Waals surface area contributed by atoms with Crippen LogP contribution in [-0.2, 0) is 11.3 Å². The van der Waals surface area contributed by atoms with Crippen molar-refractivity contribution in [2.45, 2.75) is 13.5 Å². The third-order valence-corrected chi connectivity index (χ3v) is 3.81. The minimum atomic E-state index is -1.04. The van der Waals surface area contributed by atoms with E-state index in [2.05, 4.69) is 0 Å². The normalized spacial score (nSPS) is 10.9. The van der Waals surface area contributed by atoms with E-state index in [1.807, 2.05) is 13.0 Å². The minimum Gasteiger partial charge on any atom is -0.478 e. The molecule has 0 fully saturated rings. The molecule has 1 amide bonds. The number of hydrogen-bond acceptors (Lipinski definition) is 4. The molecule has 0 aliphatic heterocycles. The molecule has 2 heterocycles. The molecule has 6 heteroatoms. The number of carboxylic acid groups (broad SMARTS) is 1. The van der Waals surface area contributed by atoms with Crippen LogP contribution in [0.4, 0.5) is 0 Å². The first-order valence-corrected chi connectivity index (χ1v) is 7.30. The number of hydrogen-bond donors (Lipinski definition) is 1. The summed E-state index contributed by atoms with van der Waals surface area (Å²) in [6.45, 7) is 2.82. The zero-order valence-corrected chi connectivity index (χ0v) is 12.3. The van der Waals surface area contributed by atoms with E-state index in [-0.39, 0.29) is 5.91 Å². The van der Waals surface area contributed by atoms with Crippen molar-refractivity contribution < 1.29 is 19.1 Å². The lowest BCUT2D eigenvalue weighted by Gasteiger charge is -2.19. The fourth-order valence-corrected chi connectivity index (χ4v) is 2.70. The summed E-state index contributed by atoms with van der Waals surface area (Å²) in [5, 5.41) is 10.5. The number of aliphatic carboxylic acids is 1. The van der Waals surface area contributed by atoms with Gasteiger partial charge in [0.15, 0.2) is 0 Å². The number of thiophene rings is 1. The summed E-state index contributed by atoms with van der Waals surface area (Å²) >= 11 is 1.30. The average Bonchev–Trinajstić information content (AvgIpc) is 3.12. The van der Waals surface area contributed by atoms with E-state index in [0.717, 1.165) is 6.08 Å². The zero-order chi connectivity index (χ0) is 15.2. The summed E-state index contributed by atoms with van der Waals surface area (Å²) < 4.78 is 5.26. The molecule has 5 nitrogen and oxygen atoms in total. The largest absolute Gasteiger partial charge is 0.478 e. The minimum absolute atomic E-state index is 0.131. The molecule has 0 aromatic carbocycles. The topological polar surface area (TPSA) is 70.8 Å². The van der Waals surface area contributed by atoms with Crippen LogP contribution >= 0.6 is 11.3 Å². The first kappa shape index (κ1) is 15.1. The van der Waals surface area contributed by atoms with Gasteiger partial charge in [0.1, 0.15) is 5.76 Å². The third kappa shape index (κ3) is 3.82. The van der Waals surface area contributed by atoms with Crippen molar-refractivity contribution in [2.24, 2.45) is 0 Å². The number of nitrogens with zero attached hydrogens (tertiary/aromatic N) is 1. The van der Waals surface area contributed by atoms with E-state index in [4.69, 9.17) is 9.52 Å². The lowest BCUT2D eigenvalue weighted by molar-refractivity contribution is -0.131. The van der Waals surface area contributed by atoms with Crippen LogP contribution in [0.15, 0.2) is 40.3 Å². The molecular formula is C15H15NO4S. The lowest BCUT2D eigenvalue weighted by Crippen LogP contribution is -2.29. The Morgan fingerprint density at radius 1 is 1.43 bits per heavy atom. The van der Waals surface area contributed by atoms with Gasteiger partial charge >= 0.3 is 5.97 Å². The van der Waals surface area contributed by atoms with Crippen LogP contribution < -0.4 is 0 Å². The van der Waals surface area contributed by atoms with Crippen molar-refractivity contribution in [1.29, 1.82) is 0 Å². The molecule has 21 heavy (non-hydrogen) atoms. The molecule has 2 rings (SSSR count). The molecule has 110 valence electrons. The molecule has 0 aliphatic carbocycles. The van der Waals surface area contributed by atoms with E-state index >= 15 is 0 Å². The van der Waals surface area contributed by atoms with Crippen molar-refractivity contribution in [3.8, 4) is 0 Å². The van der Waals surface area contributed by atoms with Crippen molar-refractivity contribution >= 4 is 29.3 Å². The molecule has 0 unspecified atom stereocenters. The maximum Gasteiger partial charge on any atom is 0.328 e. The van der Waals surface area contributed by atoms with Gasteiger partial charge < -0.3 is 14.4 Å². The zero-order valence-electron chi connectivity index (χ0n) is 11.5. The van der Waals surface area contributed by atoms with E-state index in [1.54, 1.807) is 28.7 Å². The van der Waals surface area contributed by atoms with Crippen LogP contribution in [0, 0.1) is 0 Å². The van der Waals surface area contributed by atoms with Gasteiger partial charge in [-0.15, -0.1) is 11.3 Å². The van der Waals surface area contributed by atoms with Gasteiger partial charge in [0.25, 0.3) is 5.91 Å². The van der Waals surface area contributed by atoms with Gasteiger partial charge in [0.2, 0.25) is 0 Å². The highest BCUT2D eigenvalue weighted by Crippen LogP contribution is 2.21. The van der Waals surface area contributed by atoms with E-state index in [9.17, 15) is 9.59 Å². The third-order valence-electron chi connectivity index (χ3n) is 2.89. The van der Waals surface area contributed by atoms with Gasteiger partial charge in [0.05, 0.1) is 17.7 Å². The average molecular weight is 305 g/mol. The van der Waals surface area contributed by atoms with Crippen LogP contribution in [0.5, 0.6) is 0 Å². The first-order chi connectivity index (χ1) is 10.1. The summed E-state index contributed by atoms with van der Waals surface area (Å²) in [5.41, 5.74) is 0.616. The number of carbonyl (C=O) groups is 2. The highest BCUT2D eigenvalue weighted by atomic mass is 32.1. The molecule has 1 N–H and O–H groups in total. The summed E-state index contributed by atoms with van der Waals surface area (Å²) in [5.74, 6) is -0.458. The van der Waals surface area contributed by atoms with Crippen LogP contribution in [0.25, 0.3) is 6.08 Å². The maximum absolute atomic E-state index is 12.5. The molecule has 0 bridgehead atoms. The molecule has 0 radical (unpaired) electrons. The molecular weight excluding hydrogens is 290 g/mol. The lowest BCUT2D eigenvalue weighted by atomic mass is 10.2. The van der Waals surface area contributed by atoms with Crippen LogP contribution in [0.1, 0.15) is 27.9 Å². The Balaban J connectivity index is 2.18. The molecule has 0 aliphatic rings. The number of carboxylic acids is 1. The standard InChI is InChI=1S/C15H15NO4S/c1-2-16(10-12-4-3-8-20-12)15(19)14-11(7-9-21-14)5-6-13(17)18/h3-9H,2,10H2,1H3,(H,17,18). The van der Waals surface area contributed by atoms with E-state index in [1.165, 1.54) is 17.4 Å². The Bertz CT molecular complexity index is 642. The highest BCUT2D eigenvalue weighted by molar-refractivity contribution is 7.12. The van der Waals surface area contributed by atoms with Crippen LogP contribution in [-0.4, -0.2) is 28.4 Å². The summed E-state index contributed by atoms with van der Waals surface area (Å²) in [4.78, 5) is 25.3. The number of furan rings is 1. The predicted molar refractivity (Wildman–Crippen MR) is 80.1 cm³/mol. The van der Waals surface area contributed by atoms with Crippen LogP contribution in [0.2, 0.25) is 0 Å². The summed E-state index contributed by atoms with van der Waals surface area (Å²) in [7, 11) is 0. The Morgan fingerprint density at radius 2 is 2.24 bits per heavy atom. The molecule has 2 aromatic rings. The highest BCUT2D eigenvalue weighted by Gasteiger charge is 2.19.